The maximum atomic E-state index is 3.57. The van der Waals surface area contributed by atoms with Crippen molar-refractivity contribution in [3.05, 3.63) is 35.4 Å². The third-order valence-electron chi connectivity index (χ3n) is 2.87. The summed E-state index contributed by atoms with van der Waals surface area (Å²) in [5, 5.41) is 0. The SMILES string of the molecule is [c]1c(C2CC2)cccc1C1CC1. The smallest absolute Gasteiger partial charge is 0.0108 e. The Bertz CT molecular complexity index is 265. The van der Waals surface area contributed by atoms with Crippen LogP contribution in [0, 0.1) is 6.07 Å². The van der Waals surface area contributed by atoms with Crippen LogP contribution in [0.1, 0.15) is 48.6 Å². The molecule has 2 aliphatic rings. The van der Waals surface area contributed by atoms with Gasteiger partial charge in [-0.3, -0.25) is 0 Å². The summed E-state index contributed by atoms with van der Waals surface area (Å²) in [7, 11) is 0. The molecule has 2 fully saturated rings. The van der Waals surface area contributed by atoms with Gasteiger partial charge in [0.15, 0.2) is 0 Å². The molecule has 0 amide bonds. The molecule has 1 aromatic carbocycles. The van der Waals surface area contributed by atoms with E-state index in [1.54, 1.807) is 0 Å². The number of hydrogen-bond donors (Lipinski definition) is 0. The van der Waals surface area contributed by atoms with Gasteiger partial charge in [0, 0.05) is 0 Å². The molecule has 0 bridgehead atoms. The third-order valence-corrected chi connectivity index (χ3v) is 2.87. The molecular weight excluding hydrogens is 144 g/mol. The van der Waals surface area contributed by atoms with Gasteiger partial charge < -0.3 is 0 Å². The van der Waals surface area contributed by atoms with Crippen molar-refractivity contribution in [2.45, 2.75) is 37.5 Å². The highest BCUT2D eigenvalue weighted by molar-refractivity contribution is 5.31. The first-order chi connectivity index (χ1) is 5.93. The van der Waals surface area contributed by atoms with E-state index in [0.29, 0.717) is 0 Å². The lowest BCUT2D eigenvalue weighted by molar-refractivity contribution is 1.07. The monoisotopic (exact) mass is 157 g/mol. The Balaban J connectivity index is 1.93. The van der Waals surface area contributed by atoms with Gasteiger partial charge in [0.05, 0.1) is 0 Å². The normalized spacial score (nSPS) is 22.7. The minimum absolute atomic E-state index is 0.865. The van der Waals surface area contributed by atoms with Crippen molar-refractivity contribution in [1.29, 1.82) is 0 Å². The molecule has 1 aromatic rings. The highest BCUT2D eigenvalue weighted by Crippen LogP contribution is 2.44. The molecule has 0 atom stereocenters. The summed E-state index contributed by atoms with van der Waals surface area (Å²) in [4.78, 5) is 0. The molecule has 0 aliphatic heterocycles. The lowest BCUT2D eigenvalue weighted by Gasteiger charge is -2.00. The van der Waals surface area contributed by atoms with E-state index in [1.165, 1.54) is 36.8 Å². The lowest BCUT2D eigenvalue weighted by Crippen LogP contribution is -1.84. The molecule has 0 heteroatoms. The fourth-order valence-corrected chi connectivity index (χ4v) is 1.77. The molecule has 0 aromatic heterocycles. The van der Waals surface area contributed by atoms with E-state index in [2.05, 4.69) is 24.3 Å². The summed E-state index contributed by atoms with van der Waals surface area (Å²) in [6.45, 7) is 0. The first-order valence-electron chi connectivity index (χ1n) is 4.95. The van der Waals surface area contributed by atoms with E-state index in [1.807, 2.05) is 0 Å². The maximum absolute atomic E-state index is 3.57. The van der Waals surface area contributed by atoms with E-state index >= 15 is 0 Å². The quantitative estimate of drug-likeness (QED) is 0.618. The number of hydrogen-bond acceptors (Lipinski definition) is 0. The summed E-state index contributed by atoms with van der Waals surface area (Å²) in [5.41, 5.74) is 2.94. The minimum Gasteiger partial charge on any atom is -0.0617 e. The molecule has 0 nitrogen and oxygen atoms in total. The third kappa shape index (κ3) is 1.16. The van der Waals surface area contributed by atoms with Crippen LogP contribution in [0.15, 0.2) is 18.2 Å². The zero-order valence-corrected chi connectivity index (χ0v) is 7.22. The van der Waals surface area contributed by atoms with E-state index in [-0.39, 0.29) is 0 Å². The Morgan fingerprint density at radius 1 is 0.917 bits per heavy atom. The van der Waals surface area contributed by atoms with Crippen LogP contribution in [-0.4, -0.2) is 0 Å². The summed E-state index contributed by atoms with van der Waals surface area (Å²) in [5.74, 6) is 1.73. The lowest BCUT2D eigenvalue weighted by atomic mass is 10.0. The molecule has 0 heterocycles. The van der Waals surface area contributed by atoms with E-state index < -0.39 is 0 Å². The van der Waals surface area contributed by atoms with Crippen LogP contribution in [0.2, 0.25) is 0 Å². The molecule has 3 rings (SSSR count). The predicted octanol–water partition coefficient (Wildman–Crippen LogP) is 3.24. The summed E-state index contributed by atoms with van der Waals surface area (Å²) < 4.78 is 0. The van der Waals surface area contributed by atoms with Crippen LogP contribution in [0.3, 0.4) is 0 Å². The minimum atomic E-state index is 0.865. The number of rotatable bonds is 2. The van der Waals surface area contributed by atoms with Crippen LogP contribution in [0.5, 0.6) is 0 Å². The van der Waals surface area contributed by atoms with E-state index in [0.717, 1.165) is 11.8 Å². The molecule has 0 unspecified atom stereocenters. The zero-order chi connectivity index (χ0) is 7.97. The van der Waals surface area contributed by atoms with E-state index in [4.69, 9.17) is 0 Å². The summed E-state index contributed by atoms with van der Waals surface area (Å²) >= 11 is 0. The fourth-order valence-electron chi connectivity index (χ4n) is 1.77. The van der Waals surface area contributed by atoms with Crippen molar-refractivity contribution in [2.24, 2.45) is 0 Å². The Hall–Kier alpha value is -0.780. The standard InChI is InChI=1S/C12H13/c1-2-11(9-4-5-9)8-12(3-1)10-6-7-10/h1-3,9-10H,4-7H2. The second-order valence-electron chi connectivity index (χ2n) is 4.11. The van der Waals surface area contributed by atoms with Gasteiger partial charge in [0.25, 0.3) is 0 Å². The van der Waals surface area contributed by atoms with Crippen molar-refractivity contribution in [2.75, 3.05) is 0 Å². The van der Waals surface area contributed by atoms with Crippen molar-refractivity contribution in [3.63, 3.8) is 0 Å². The molecular formula is C12H13. The van der Waals surface area contributed by atoms with Gasteiger partial charge in [-0.25, -0.2) is 0 Å². The average Bonchev–Trinajstić information content (AvgIpc) is 2.98. The van der Waals surface area contributed by atoms with Gasteiger partial charge >= 0.3 is 0 Å². The highest BCUT2D eigenvalue weighted by Gasteiger charge is 2.27. The van der Waals surface area contributed by atoms with E-state index in [9.17, 15) is 0 Å². The van der Waals surface area contributed by atoms with Crippen LogP contribution in [0.25, 0.3) is 0 Å². The average molecular weight is 157 g/mol. The fraction of sp³-hybridized carbons (Fsp3) is 0.500. The van der Waals surface area contributed by atoms with Gasteiger partial charge in [-0.2, -0.15) is 0 Å². The molecule has 2 saturated carbocycles. The first-order valence-corrected chi connectivity index (χ1v) is 4.95. The van der Waals surface area contributed by atoms with Gasteiger partial charge in [-0.15, -0.1) is 0 Å². The topological polar surface area (TPSA) is 0 Å². The molecule has 0 saturated heterocycles. The summed E-state index contributed by atoms with van der Waals surface area (Å²) in [6, 6.07) is 10.3. The second kappa shape index (κ2) is 2.35. The van der Waals surface area contributed by atoms with Gasteiger partial charge in [-0.05, 0) is 54.7 Å². The van der Waals surface area contributed by atoms with Crippen molar-refractivity contribution in [1.82, 2.24) is 0 Å². The largest absolute Gasteiger partial charge is 0.0617 e. The molecule has 0 N–H and O–H groups in total. The molecule has 0 spiro atoms. The summed E-state index contributed by atoms with van der Waals surface area (Å²) in [6.07, 6.45) is 5.57. The predicted molar refractivity (Wildman–Crippen MR) is 49.2 cm³/mol. The molecule has 12 heavy (non-hydrogen) atoms. The number of benzene rings is 1. The van der Waals surface area contributed by atoms with Gasteiger partial charge in [0.1, 0.15) is 0 Å². The molecule has 1 radical (unpaired) electrons. The van der Waals surface area contributed by atoms with Crippen LogP contribution < -0.4 is 0 Å². The first kappa shape index (κ1) is 6.71. The van der Waals surface area contributed by atoms with Crippen LogP contribution in [0.4, 0.5) is 0 Å². The second-order valence-corrected chi connectivity index (χ2v) is 4.11. The Kier molecular flexibility index (Phi) is 1.31. The van der Waals surface area contributed by atoms with Gasteiger partial charge in [-0.1, -0.05) is 18.2 Å². The molecule has 2 aliphatic carbocycles. The van der Waals surface area contributed by atoms with Crippen molar-refractivity contribution >= 4 is 0 Å². The highest BCUT2D eigenvalue weighted by atomic mass is 14.3. The van der Waals surface area contributed by atoms with Gasteiger partial charge in [0.2, 0.25) is 0 Å². The van der Waals surface area contributed by atoms with Crippen molar-refractivity contribution < 1.29 is 0 Å². The zero-order valence-electron chi connectivity index (χ0n) is 7.22. The van der Waals surface area contributed by atoms with Crippen LogP contribution in [-0.2, 0) is 0 Å². The Morgan fingerprint density at radius 3 is 1.83 bits per heavy atom. The Labute approximate surface area is 73.6 Å². The molecule has 61 valence electrons. The van der Waals surface area contributed by atoms with Crippen molar-refractivity contribution in [3.8, 4) is 0 Å². The maximum Gasteiger partial charge on any atom is -0.0108 e. The van der Waals surface area contributed by atoms with Crippen LogP contribution >= 0.6 is 0 Å². The Morgan fingerprint density at radius 2 is 1.42 bits per heavy atom.